The van der Waals surface area contributed by atoms with Gasteiger partial charge in [-0.25, -0.2) is 9.59 Å². The minimum absolute atomic E-state index is 0.261. The van der Waals surface area contributed by atoms with E-state index in [1.54, 1.807) is 6.92 Å². The van der Waals surface area contributed by atoms with Crippen molar-refractivity contribution in [3.63, 3.8) is 0 Å². The fourth-order valence-corrected chi connectivity index (χ4v) is 1.06. The Bertz CT molecular complexity index is 419. The van der Waals surface area contributed by atoms with Crippen LogP contribution in [0, 0.1) is 6.92 Å². The van der Waals surface area contributed by atoms with Crippen molar-refractivity contribution >= 4 is 12.0 Å². The zero-order valence-corrected chi connectivity index (χ0v) is 9.71. The molecule has 9 heteroatoms. The van der Waals surface area contributed by atoms with E-state index in [9.17, 15) is 9.59 Å². The summed E-state index contributed by atoms with van der Waals surface area (Å²) in [5.74, 6) is -0.478. The number of aryl methyl sites for hydroxylation is 1. The number of amides is 2. The molecule has 0 saturated carbocycles. The molecule has 1 atom stereocenters. The van der Waals surface area contributed by atoms with Gasteiger partial charge in [-0.1, -0.05) is 5.16 Å². The van der Waals surface area contributed by atoms with E-state index in [1.807, 2.05) is 0 Å². The fourth-order valence-electron chi connectivity index (χ4n) is 1.06. The van der Waals surface area contributed by atoms with Gasteiger partial charge in [0, 0.05) is 13.0 Å². The number of aliphatic hydroxyl groups excluding tert-OH is 1. The Morgan fingerprint density at radius 2 is 2.17 bits per heavy atom. The van der Waals surface area contributed by atoms with Crippen molar-refractivity contribution in [2.75, 3.05) is 13.1 Å². The van der Waals surface area contributed by atoms with Crippen LogP contribution in [-0.2, 0) is 11.2 Å². The third-order valence-corrected chi connectivity index (χ3v) is 1.94. The largest absolute Gasteiger partial charge is 0.479 e. The van der Waals surface area contributed by atoms with Crippen molar-refractivity contribution in [2.24, 2.45) is 0 Å². The molecule has 0 aromatic carbocycles. The Morgan fingerprint density at radius 1 is 1.44 bits per heavy atom. The Labute approximate surface area is 102 Å². The Hall–Kier alpha value is -2.16. The Balaban J connectivity index is 2.15. The number of hydrogen-bond acceptors (Lipinski definition) is 6. The lowest BCUT2D eigenvalue weighted by Gasteiger charge is -2.08. The topological polar surface area (TPSA) is 138 Å². The number of carboxylic acids is 1. The van der Waals surface area contributed by atoms with Crippen LogP contribution in [-0.4, -0.2) is 51.5 Å². The van der Waals surface area contributed by atoms with E-state index in [4.69, 9.17) is 14.7 Å². The number of carbonyl (C=O) groups is 2. The van der Waals surface area contributed by atoms with Crippen LogP contribution in [0.3, 0.4) is 0 Å². The number of nitrogens with zero attached hydrogens (tertiary/aromatic N) is 2. The summed E-state index contributed by atoms with van der Waals surface area (Å²) in [5, 5.41) is 25.5. The number of carbonyl (C=O) groups excluding carboxylic acids is 1. The van der Waals surface area contributed by atoms with E-state index in [0.717, 1.165) is 0 Å². The van der Waals surface area contributed by atoms with Crippen LogP contribution in [0.5, 0.6) is 0 Å². The molecule has 0 aliphatic rings. The van der Waals surface area contributed by atoms with Crippen molar-refractivity contribution in [1.29, 1.82) is 0 Å². The molecule has 4 N–H and O–H groups in total. The van der Waals surface area contributed by atoms with Gasteiger partial charge in [-0.05, 0) is 6.92 Å². The van der Waals surface area contributed by atoms with E-state index in [2.05, 4.69) is 20.8 Å². The van der Waals surface area contributed by atoms with Gasteiger partial charge in [0.1, 0.15) is 0 Å². The number of aliphatic carboxylic acids is 1. The number of nitrogens with one attached hydrogen (secondary N) is 2. The minimum atomic E-state index is -1.62. The SMILES string of the molecule is Cc1noc(CCNC(=O)NCC(O)C(=O)O)n1. The molecular formula is C9H14N4O5. The van der Waals surface area contributed by atoms with Crippen molar-refractivity contribution in [3.8, 4) is 0 Å². The van der Waals surface area contributed by atoms with Crippen LogP contribution in [0.15, 0.2) is 4.52 Å². The summed E-state index contributed by atoms with van der Waals surface area (Å²) >= 11 is 0. The van der Waals surface area contributed by atoms with Crippen LogP contribution >= 0.6 is 0 Å². The summed E-state index contributed by atoms with van der Waals surface area (Å²) in [7, 11) is 0. The lowest BCUT2D eigenvalue weighted by molar-refractivity contribution is -0.146. The second-order valence-electron chi connectivity index (χ2n) is 3.48. The molecule has 1 heterocycles. The van der Waals surface area contributed by atoms with Gasteiger partial charge in [-0.2, -0.15) is 4.98 Å². The van der Waals surface area contributed by atoms with Crippen molar-refractivity contribution in [1.82, 2.24) is 20.8 Å². The predicted octanol–water partition coefficient (Wildman–Crippen LogP) is -1.33. The molecule has 1 rings (SSSR count). The average Bonchev–Trinajstić information content (AvgIpc) is 2.71. The van der Waals surface area contributed by atoms with Crippen LogP contribution in [0.2, 0.25) is 0 Å². The van der Waals surface area contributed by atoms with Gasteiger partial charge in [0.15, 0.2) is 11.9 Å². The Morgan fingerprint density at radius 3 is 2.72 bits per heavy atom. The van der Waals surface area contributed by atoms with Gasteiger partial charge in [-0.15, -0.1) is 0 Å². The van der Waals surface area contributed by atoms with E-state index in [-0.39, 0.29) is 13.1 Å². The number of urea groups is 1. The fraction of sp³-hybridized carbons (Fsp3) is 0.556. The van der Waals surface area contributed by atoms with Gasteiger partial charge >= 0.3 is 12.0 Å². The van der Waals surface area contributed by atoms with E-state index >= 15 is 0 Å². The van der Waals surface area contributed by atoms with Crippen LogP contribution < -0.4 is 10.6 Å². The number of aromatic nitrogens is 2. The molecule has 9 nitrogen and oxygen atoms in total. The molecular weight excluding hydrogens is 244 g/mol. The minimum Gasteiger partial charge on any atom is -0.479 e. The molecule has 0 fully saturated rings. The Kier molecular flexibility index (Phi) is 5.06. The van der Waals surface area contributed by atoms with Crippen LogP contribution in [0.1, 0.15) is 11.7 Å². The monoisotopic (exact) mass is 258 g/mol. The van der Waals surface area contributed by atoms with Crippen LogP contribution in [0.25, 0.3) is 0 Å². The first-order valence-corrected chi connectivity index (χ1v) is 5.21. The summed E-state index contributed by atoms with van der Waals surface area (Å²) in [6.45, 7) is 1.58. The first-order chi connectivity index (χ1) is 8.49. The molecule has 0 spiro atoms. The van der Waals surface area contributed by atoms with Crippen molar-refractivity contribution < 1.29 is 24.3 Å². The molecule has 100 valence electrons. The average molecular weight is 258 g/mol. The van der Waals surface area contributed by atoms with E-state index in [0.29, 0.717) is 18.1 Å². The predicted molar refractivity (Wildman–Crippen MR) is 57.8 cm³/mol. The van der Waals surface area contributed by atoms with Gasteiger partial charge in [0.05, 0.1) is 6.54 Å². The van der Waals surface area contributed by atoms with Gasteiger partial charge in [0.2, 0.25) is 5.89 Å². The quantitative estimate of drug-likeness (QED) is 0.495. The second kappa shape index (κ2) is 6.55. The summed E-state index contributed by atoms with van der Waals surface area (Å²) in [5.41, 5.74) is 0. The first-order valence-electron chi connectivity index (χ1n) is 5.21. The molecule has 18 heavy (non-hydrogen) atoms. The maximum atomic E-state index is 11.2. The highest BCUT2D eigenvalue weighted by molar-refractivity contribution is 5.76. The molecule has 2 amide bonds. The molecule has 1 aromatic heterocycles. The smallest absolute Gasteiger partial charge is 0.334 e. The number of aliphatic hydroxyl groups is 1. The molecule has 1 aromatic rings. The van der Waals surface area contributed by atoms with E-state index < -0.39 is 18.1 Å². The van der Waals surface area contributed by atoms with Gasteiger partial charge in [-0.3, -0.25) is 0 Å². The standard InChI is InChI=1S/C9H14N4O5/c1-5-12-7(18-13-5)2-3-10-9(17)11-4-6(14)8(15)16/h6,14H,2-4H2,1H3,(H,15,16)(H2,10,11,17). The summed E-state index contributed by atoms with van der Waals surface area (Å²) in [4.78, 5) is 25.4. The van der Waals surface area contributed by atoms with Crippen molar-refractivity contribution in [2.45, 2.75) is 19.4 Å². The maximum Gasteiger partial charge on any atom is 0.334 e. The number of rotatable bonds is 6. The molecule has 0 radical (unpaired) electrons. The highest BCUT2D eigenvalue weighted by Crippen LogP contribution is 1.95. The molecule has 1 unspecified atom stereocenters. The van der Waals surface area contributed by atoms with E-state index in [1.165, 1.54) is 0 Å². The summed E-state index contributed by atoms with van der Waals surface area (Å²) in [6, 6.07) is -0.577. The zero-order valence-electron chi connectivity index (χ0n) is 9.71. The lowest BCUT2D eigenvalue weighted by atomic mass is 10.3. The third kappa shape index (κ3) is 4.78. The lowest BCUT2D eigenvalue weighted by Crippen LogP contribution is -2.42. The highest BCUT2D eigenvalue weighted by Gasteiger charge is 2.13. The third-order valence-electron chi connectivity index (χ3n) is 1.94. The summed E-state index contributed by atoms with van der Waals surface area (Å²) < 4.78 is 4.83. The summed E-state index contributed by atoms with van der Waals surface area (Å²) in [6.07, 6.45) is -1.25. The molecule has 0 aliphatic carbocycles. The highest BCUT2D eigenvalue weighted by atomic mass is 16.5. The molecule has 0 bridgehead atoms. The second-order valence-corrected chi connectivity index (χ2v) is 3.48. The molecule has 0 saturated heterocycles. The normalized spacial score (nSPS) is 11.9. The first kappa shape index (κ1) is 13.9. The van der Waals surface area contributed by atoms with Crippen LogP contribution in [0.4, 0.5) is 4.79 Å². The molecule has 0 aliphatic heterocycles. The van der Waals surface area contributed by atoms with Gasteiger partial charge in [0.25, 0.3) is 0 Å². The van der Waals surface area contributed by atoms with Crippen molar-refractivity contribution in [3.05, 3.63) is 11.7 Å². The zero-order chi connectivity index (χ0) is 13.5. The number of carboxylic acid groups (broad SMARTS) is 1. The van der Waals surface area contributed by atoms with Gasteiger partial charge < -0.3 is 25.4 Å². The number of hydrogen-bond donors (Lipinski definition) is 4. The maximum absolute atomic E-state index is 11.2.